The molecule has 0 bridgehead atoms. The summed E-state index contributed by atoms with van der Waals surface area (Å²) in [5.41, 5.74) is 6.02. The van der Waals surface area contributed by atoms with Gasteiger partial charge in [-0.3, -0.25) is 9.59 Å². The van der Waals surface area contributed by atoms with Gasteiger partial charge in [0.25, 0.3) is 0 Å². The fourth-order valence-electron chi connectivity index (χ4n) is 2.42. The predicted octanol–water partition coefficient (Wildman–Crippen LogP) is 1.29. The molecule has 0 saturated heterocycles. The highest BCUT2D eigenvalue weighted by Gasteiger charge is 2.21. The van der Waals surface area contributed by atoms with Gasteiger partial charge >= 0.3 is 0 Å². The van der Waals surface area contributed by atoms with E-state index in [0.29, 0.717) is 5.56 Å². The number of primary amides is 1. The van der Waals surface area contributed by atoms with Crippen LogP contribution in [-0.4, -0.2) is 24.5 Å². The van der Waals surface area contributed by atoms with E-state index in [4.69, 9.17) is 10.5 Å². The predicted molar refractivity (Wildman–Crippen MR) is 74.7 cm³/mol. The van der Waals surface area contributed by atoms with E-state index in [1.807, 2.05) is 6.07 Å². The molecule has 108 valence electrons. The average Bonchev–Trinajstić information content (AvgIpc) is 2.96. The van der Waals surface area contributed by atoms with Gasteiger partial charge < -0.3 is 15.8 Å². The van der Waals surface area contributed by atoms with E-state index in [0.717, 1.165) is 25.7 Å². The maximum Gasteiger partial charge on any atom is 0.246 e. The van der Waals surface area contributed by atoms with Crippen LogP contribution in [0.5, 0.6) is 0 Å². The third-order valence-corrected chi connectivity index (χ3v) is 3.48. The molecular weight excluding hydrogens is 256 g/mol. The maximum absolute atomic E-state index is 11.8. The van der Waals surface area contributed by atoms with Crippen LogP contribution in [0, 0.1) is 0 Å². The van der Waals surface area contributed by atoms with Gasteiger partial charge in [0.15, 0.2) is 0 Å². The Balaban J connectivity index is 1.87. The summed E-state index contributed by atoms with van der Waals surface area (Å²) in [6.07, 6.45) is 4.49. The van der Waals surface area contributed by atoms with Crippen LogP contribution in [0.2, 0.25) is 0 Å². The number of nitrogens with two attached hydrogens (primary N) is 1. The summed E-state index contributed by atoms with van der Waals surface area (Å²) in [5.74, 6) is -0.894. The molecule has 2 amide bonds. The smallest absolute Gasteiger partial charge is 0.246 e. The van der Waals surface area contributed by atoms with Gasteiger partial charge in [-0.25, -0.2) is 0 Å². The normalized spacial score (nSPS) is 16.8. The highest BCUT2D eigenvalue weighted by atomic mass is 16.5. The molecule has 0 heterocycles. The molecule has 2 rings (SSSR count). The van der Waals surface area contributed by atoms with Crippen molar-refractivity contribution in [2.24, 2.45) is 5.73 Å². The highest BCUT2D eigenvalue weighted by molar-refractivity contribution is 5.88. The van der Waals surface area contributed by atoms with E-state index in [9.17, 15) is 9.59 Å². The quantitative estimate of drug-likeness (QED) is 0.821. The number of carbonyl (C=O) groups excluding carboxylic acids is 2. The minimum Gasteiger partial charge on any atom is -0.368 e. The van der Waals surface area contributed by atoms with Crippen LogP contribution < -0.4 is 11.1 Å². The number of hydrogen-bond donors (Lipinski definition) is 2. The van der Waals surface area contributed by atoms with Crippen LogP contribution in [0.4, 0.5) is 0 Å². The molecule has 20 heavy (non-hydrogen) atoms. The van der Waals surface area contributed by atoms with Crippen molar-refractivity contribution >= 4 is 11.8 Å². The van der Waals surface area contributed by atoms with Crippen molar-refractivity contribution in [2.45, 2.75) is 37.8 Å². The Labute approximate surface area is 118 Å². The van der Waals surface area contributed by atoms with Gasteiger partial charge in [0.05, 0.1) is 6.10 Å². The van der Waals surface area contributed by atoms with E-state index in [-0.39, 0.29) is 18.6 Å². The maximum atomic E-state index is 11.8. The van der Waals surface area contributed by atoms with E-state index >= 15 is 0 Å². The molecule has 1 aromatic rings. The minimum atomic E-state index is -0.809. The molecule has 5 nitrogen and oxygen atoms in total. The number of carbonyl (C=O) groups is 2. The van der Waals surface area contributed by atoms with Crippen molar-refractivity contribution in [2.75, 3.05) is 6.61 Å². The molecular formula is C15H20N2O3. The van der Waals surface area contributed by atoms with Crippen molar-refractivity contribution in [3.8, 4) is 0 Å². The number of ether oxygens (including phenoxy) is 1. The Kier molecular flexibility index (Phi) is 5.12. The van der Waals surface area contributed by atoms with Crippen molar-refractivity contribution in [1.82, 2.24) is 5.32 Å². The van der Waals surface area contributed by atoms with Gasteiger partial charge in [0.1, 0.15) is 12.6 Å². The zero-order valence-electron chi connectivity index (χ0n) is 11.4. The van der Waals surface area contributed by atoms with E-state index in [2.05, 4.69) is 5.32 Å². The number of benzene rings is 1. The van der Waals surface area contributed by atoms with Crippen LogP contribution in [0.25, 0.3) is 0 Å². The lowest BCUT2D eigenvalue weighted by Crippen LogP contribution is -2.39. The summed E-state index contributed by atoms with van der Waals surface area (Å²) in [6.45, 7) is -0.0265. The summed E-state index contributed by atoms with van der Waals surface area (Å²) in [6, 6.07) is 8.14. The van der Waals surface area contributed by atoms with E-state index in [1.54, 1.807) is 24.3 Å². The fourth-order valence-corrected chi connectivity index (χ4v) is 2.42. The number of rotatable bonds is 6. The van der Waals surface area contributed by atoms with Gasteiger partial charge in [0, 0.05) is 0 Å². The molecule has 1 atom stereocenters. The van der Waals surface area contributed by atoms with Crippen molar-refractivity contribution in [3.05, 3.63) is 35.9 Å². The molecule has 0 aromatic heterocycles. The lowest BCUT2D eigenvalue weighted by molar-refractivity contribution is -0.131. The van der Waals surface area contributed by atoms with Crippen LogP contribution in [0.1, 0.15) is 37.3 Å². The Hall–Kier alpha value is -1.88. The van der Waals surface area contributed by atoms with E-state index in [1.165, 1.54) is 0 Å². The van der Waals surface area contributed by atoms with Crippen LogP contribution in [0.15, 0.2) is 30.3 Å². The Morgan fingerprint density at radius 2 is 1.90 bits per heavy atom. The van der Waals surface area contributed by atoms with Crippen molar-refractivity contribution in [3.63, 3.8) is 0 Å². The third kappa shape index (κ3) is 4.06. The SMILES string of the molecule is NC(=O)C(NC(=O)COC1CCCC1)c1ccccc1. The molecule has 3 N–H and O–H groups in total. The van der Waals surface area contributed by atoms with Crippen LogP contribution in [-0.2, 0) is 14.3 Å². The molecule has 1 aliphatic carbocycles. The first-order chi connectivity index (χ1) is 9.66. The van der Waals surface area contributed by atoms with Crippen molar-refractivity contribution < 1.29 is 14.3 Å². The zero-order valence-corrected chi connectivity index (χ0v) is 11.4. The Morgan fingerprint density at radius 1 is 1.25 bits per heavy atom. The lowest BCUT2D eigenvalue weighted by atomic mass is 10.1. The summed E-state index contributed by atoms with van der Waals surface area (Å²) < 4.78 is 5.52. The van der Waals surface area contributed by atoms with Gasteiger partial charge in [-0.15, -0.1) is 0 Å². The standard InChI is InChI=1S/C15H20N2O3/c16-15(19)14(11-6-2-1-3-7-11)17-13(18)10-20-12-8-4-5-9-12/h1-3,6-7,12,14H,4-5,8-10H2,(H2,16,19)(H,17,18). The summed E-state index contributed by atoms with van der Waals surface area (Å²) in [7, 11) is 0. The molecule has 0 radical (unpaired) electrons. The first-order valence-electron chi connectivity index (χ1n) is 6.92. The second kappa shape index (κ2) is 7.05. The van der Waals surface area contributed by atoms with Gasteiger partial charge in [-0.1, -0.05) is 43.2 Å². The molecule has 1 aliphatic rings. The topological polar surface area (TPSA) is 81.4 Å². The summed E-state index contributed by atoms with van der Waals surface area (Å²) in [5, 5.41) is 2.62. The second-order valence-corrected chi connectivity index (χ2v) is 5.03. The largest absolute Gasteiger partial charge is 0.368 e. The highest BCUT2D eigenvalue weighted by Crippen LogP contribution is 2.20. The first kappa shape index (κ1) is 14.5. The number of nitrogens with one attached hydrogen (secondary N) is 1. The molecule has 1 saturated carbocycles. The monoisotopic (exact) mass is 276 g/mol. The van der Waals surface area contributed by atoms with Crippen molar-refractivity contribution in [1.29, 1.82) is 0 Å². The first-order valence-corrected chi connectivity index (χ1v) is 6.92. The Morgan fingerprint density at radius 3 is 2.50 bits per heavy atom. The van der Waals surface area contributed by atoms with Gasteiger partial charge in [-0.05, 0) is 18.4 Å². The third-order valence-electron chi connectivity index (χ3n) is 3.48. The molecule has 0 spiro atoms. The van der Waals surface area contributed by atoms with E-state index < -0.39 is 11.9 Å². The second-order valence-electron chi connectivity index (χ2n) is 5.03. The Bertz CT molecular complexity index is 455. The van der Waals surface area contributed by atoms with Crippen LogP contribution >= 0.6 is 0 Å². The zero-order chi connectivity index (χ0) is 14.4. The summed E-state index contributed by atoms with van der Waals surface area (Å²) in [4.78, 5) is 23.3. The summed E-state index contributed by atoms with van der Waals surface area (Å²) >= 11 is 0. The van der Waals surface area contributed by atoms with Gasteiger partial charge in [-0.2, -0.15) is 0 Å². The molecule has 1 aromatic carbocycles. The number of amides is 2. The minimum absolute atomic E-state index is 0.0265. The average molecular weight is 276 g/mol. The molecule has 1 unspecified atom stereocenters. The fraction of sp³-hybridized carbons (Fsp3) is 0.467. The molecule has 1 fully saturated rings. The number of hydrogen-bond acceptors (Lipinski definition) is 3. The van der Waals surface area contributed by atoms with Crippen LogP contribution in [0.3, 0.4) is 0 Å². The lowest BCUT2D eigenvalue weighted by Gasteiger charge is -2.17. The molecule has 0 aliphatic heterocycles. The van der Waals surface area contributed by atoms with Gasteiger partial charge in [0.2, 0.25) is 11.8 Å². The molecule has 5 heteroatoms.